The smallest absolute Gasteiger partial charge is 0.476 e. The van der Waals surface area contributed by atoms with E-state index in [1.54, 1.807) is 12.1 Å². The van der Waals surface area contributed by atoms with Crippen molar-refractivity contribution in [2.24, 2.45) is 0 Å². The molecule has 2 aromatic heterocycles. The lowest BCUT2D eigenvalue weighted by Crippen LogP contribution is -2.31. The van der Waals surface area contributed by atoms with Crippen LogP contribution in [0, 0.1) is 5.21 Å². The Bertz CT molecular complexity index is 1720. The summed E-state index contributed by atoms with van der Waals surface area (Å²) in [4.78, 5) is 30.6. The Hall–Kier alpha value is -5.80. The van der Waals surface area contributed by atoms with Gasteiger partial charge in [-0.2, -0.15) is 23.6 Å². The molecule has 5 rings (SSSR count). The van der Waals surface area contributed by atoms with E-state index >= 15 is 0 Å². The third-order valence-corrected chi connectivity index (χ3v) is 5.64. The molecular formula is C25H19F3N8O5. The van der Waals surface area contributed by atoms with Gasteiger partial charge in [0.15, 0.2) is 0 Å². The van der Waals surface area contributed by atoms with Gasteiger partial charge in [-0.25, -0.2) is 29.0 Å². The molecule has 2 heterocycles. The number of aromatic nitrogens is 5. The van der Waals surface area contributed by atoms with Crippen molar-refractivity contribution in [3.05, 3.63) is 84.1 Å². The first-order chi connectivity index (χ1) is 19.6. The van der Waals surface area contributed by atoms with E-state index in [1.165, 1.54) is 60.8 Å². The average Bonchev–Trinajstić information content (AvgIpc) is 3.58. The molecule has 13 nitrogen and oxygen atoms in total. The van der Waals surface area contributed by atoms with Crippen LogP contribution in [0.2, 0.25) is 0 Å². The molecule has 5 aromatic rings. The van der Waals surface area contributed by atoms with Crippen LogP contribution in [-0.2, 0) is 10.9 Å². The fourth-order valence-electron chi connectivity index (χ4n) is 3.75. The highest BCUT2D eigenvalue weighted by Crippen LogP contribution is 2.33. The van der Waals surface area contributed by atoms with E-state index in [-0.39, 0.29) is 22.8 Å². The molecule has 0 atom stereocenters. The lowest BCUT2D eigenvalue weighted by atomic mass is 10.1. The van der Waals surface area contributed by atoms with E-state index in [0.717, 1.165) is 12.1 Å². The third kappa shape index (κ3) is 5.95. The topological polar surface area (TPSA) is 162 Å². The molecule has 0 fully saturated rings. The molecule has 0 spiro atoms. The van der Waals surface area contributed by atoms with Crippen molar-refractivity contribution in [3.63, 3.8) is 0 Å². The van der Waals surface area contributed by atoms with Crippen LogP contribution >= 0.6 is 0 Å². The number of ether oxygens (including phenoxy) is 2. The Morgan fingerprint density at radius 3 is 2.44 bits per heavy atom. The number of anilines is 3. The number of benzene rings is 3. The number of halogens is 3. The van der Waals surface area contributed by atoms with Gasteiger partial charge in [0, 0.05) is 11.8 Å². The number of carbonyl (C=O) groups excluding carboxylic acids is 2. The van der Waals surface area contributed by atoms with E-state index in [1.807, 2.05) is 0 Å². The SMILES string of the molecule is COC(=O)Nc1[nH]c2ccc(Oc3ccc(NC(=O)Nc4cc(C(F)(F)F)ccc4-n4cncn4)cc3)cc2[n+]1[O-]. The Balaban J connectivity index is 1.27. The van der Waals surface area contributed by atoms with Crippen molar-refractivity contribution in [1.82, 2.24) is 19.7 Å². The van der Waals surface area contributed by atoms with E-state index in [0.29, 0.717) is 27.4 Å². The van der Waals surface area contributed by atoms with Crippen LogP contribution in [0.25, 0.3) is 16.7 Å². The number of imidazole rings is 1. The van der Waals surface area contributed by atoms with Crippen LogP contribution in [0.15, 0.2) is 73.3 Å². The van der Waals surface area contributed by atoms with Gasteiger partial charge >= 0.3 is 24.2 Å². The fourth-order valence-corrected chi connectivity index (χ4v) is 3.75. The maximum Gasteiger partial charge on any atom is 0.476 e. The maximum atomic E-state index is 13.3. The minimum Gasteiger partial charge on any atom is -0.740 e. The standard InChI is InChI=1S/C25H19F3N8O5/c1-40-24(38)34-22-32-18-8-7-17(11-21(18)36(22)39)41-16-5-3-15(4-6-16)31-23(37)33-19-10-14(25(26,27)28)2-9-20(19)35-13-29-12-30-35/h2-13,32H,1H3,(H,34,38)(H2,31,33,37). The molecule has 0 saturated heterocycles. The summed E-state index contributed by atoms with van der Waals surface area (Å²) >= 11 is 0. The number of urea groups is 1. The second-order valence-electron chi connectivity index (χ2n) is 8.34. The molecule has 4 N–H and O–H groups in total. The molecule has 3 aromatic carbocycles. The monoisotopic (exact) mass is 568 g/mol. The van der Waals surface area contributed by atoms with Crippen molar-refractivity contribution in [1.29, 1.82) is 0 Å². The first-order valence-corrected chi connectivity index (χ1v) is 11.6. The highest BCUT2D eigenvalue weighted by Gasteiger charge is 2.31. The van der Waals surface area contributed by atoms with E-state index < -0.39 is 23.9 Å². The van der Waals surface area contributed by atoms with Crippen LogP contribution in [0.4, 0.5) is 40.1 Å². The number of hydrogen-bond acceptors (Lipinski definition) is 7. The van der Waals surface area contributed by atoms with Crippen LogP contribution in [0.1, 0.15) is 5.56 Å². The van der Waals surface area contributed by atoms with Gasteiger partial charge in [0.1, 0.15) is 35.2 Å². The Morgan fingerprint density at radius 2 is 1.76 bits per heavy atom. The number of hydrogen-bond donors (Lipinski definition) is 4. The molecule has 16 heteroatoms. The summed E-state index contributed by atoms with van der Waals surface area (Å²) < 4.78 is 51.8. The Morgan fingerprint density at radius 1 is 1.00 bits per heavy atom. The van der Waals surface area contributed by atoms with Crippen LogP contribution < -0.4 is 25.4 Å². The zero-order valence-corrected chi connectivity index (χ0v) is 20.9. The number of amides is 3. The van der Waals surface area contributed by atoms with Gasteiger partial charge in [-0.15, -0.1) is 0 Å². The van der Waals surface area contributed by atoms with Gasteiger partial charge in [-0.1, -0.05) is 0 Å². The first kappa shape index (κ1) is 26.8. The predicted molar refractivity (Wildman–Crippen MR) is 139 cm³/mol. The minimum absolute atomic E-state index is 0.128. The summed E-state index contributed by atoms with van der Waals surface area (Å²) in [5.41, 5.74) is 0.0567. The molecular weight excluding hydrogens is 549 g/mol. The summed E-state index contributed by atoms with van der Waals surface area (Å²) in [7, 11) is 1.17. The van der Waals surface area contributed by atoms with Crippen LogP contribution in [0.3, 0.4) is 0 Å². The molecule has 210 valence electrons. The minimum atomic E-state index is -4.62. The lowest BCUT2D eigenvalue weighted by Gasteiger charge is -2.15. The molecule has 0 aliphatic carbocycles. The third-order valence-electron chi connectivity index (χ3n) is 5.64. The number of nitrogens with zero attached hydrogens (tertiary/aromatic N) is 4. The number of fused-ring (bicyclic) bond motifs is 1. The molecule has 0 aliphatic heterocycles. The molecule has 0 radical (unpaired) electrons. The summed E-state index contributed by atoms with van der Waals surface area (Å²) in [5, 5.41) is 23.6. The van der Waals surface area contributed by atoms with Crippen LogP contribution in [-0.4, -0.2) is 39.0 Å². The van der Waals surface area contributed by atoms with E-state index in [4.69, 9.17) is 4.74 Å². The molecule has 0 unspecified atom stereocenters. The van der Waals surface area contributed by atoms with Crippen molar-refractivity contribution in [3.8, 4) is 17.2 Å². The second kappa shape index (κ2) is 10.8. The number of alkyl halides is 3. The lowest BCUT2D eigenvalue weighted by molar-refractivity contribution is -0.560. The van der Waals surface area contributed by atoms with Gasteiger partial charge in [0.25, 0.3) is 0 Å². The zero-order valence-electron chi connectivity index (χ0n) is 20.9. The highest BCUT2D eigenvalue weighted by atomic mass is 19.4. The quantitative estimate of drug-likeness (QED) is 0.165. The molecule has 0 saturated carbocycles. The molecule has 41 heavy (non-hydrogen) atoms. The van der Waals surface area contributed by atoms with Gasteiger partial charge in [-0.3, -0.25) is 0 Å². The summed E-state index contributed by atoms with van der Waals surface area (Å²) in [6, 6.07) is 12.8. The average molecular weight is 568 g/mol. The van der Waals surface area contributed by atoms with E-state index in [9.17, 15) is 28.0 Å². The fraction of sp³-hybridized carbons (Fsp3) is 0.0800. The van der Waals surface area contributed by atoms with Crippen molar-refractivity contribution >= 4 is 40.5 Å². The van der Waals surface area contributed by atoms with Crippen molar-refractivity contribution < 1.29 is 37.0 Å². The summed E-state index contributed by atoms with van der Waals surface area (Å²) in [5.74, 6) is 0.549. The van der Waals surface area contributed by atoms with Crippen LogP contribution in [0.5, 0.6) is 11.5 Å². The largest absolute Gasteiger partial charge is 0.740 e. The number of rotatable bonds is 6. The molecule has 3 amide bonds. The van der Waals surface area contributed by atoms with Gasteiger partial charge in [-0.05, 0) is 54.6 Å². The van der Waals surface area contributed by atoms with Crippen molar-refractivity contribution in [2.75, 3.05) is 23.1 Å². The molecule has 0 bridgehead atoms. The Kier molecular flexibility index (Phi) is 7.03. The number of carbonyl (C=O) groups is 2. The number of nitrogens with one attached hydrogen (secondary N) is 4. The van der Waals surface area contributed by atoms with Gasteiger partial charge < -0.3 is 25.3 Å². The van der Waals surface area contributed by atoms with E-state index in [2.05, 4.69) is 35.8 Å². The summed E-state index contributed by atoms with van der Waals surface area (Å²) in [6.07, 6.45) is -2.94. The van der Waals surface area contributed by atoms with Crippen molar-refractivity contribution in [2.45, 2.75) is 6.18 Å². The number of H-pyrrole nitrogens is 1. The normalized spacial score (nSPS) is 11.2. The second-order valence-corrected chi connectivity index (χ2v) is 8.34. The van der Waals surface area contributed by atoms with Gasteiger partial charge in [0.05, 0.1) is 24.0 Å². The zero-order chi connectivity index (χ0) is 29.1. The summed E-state index contributed by atoms with van der Waals surface area (Å²) in [6.45, 7) is 0. The number of methoxy groups -OCH3 is 1. The Labute approximate surface area is 228 Å². The van der Waals surface area contributed by atoms with Gasteiger partial charge in [0.2, 0.25) is 0 Å². The maximum absolute atomic E-state index is 13.3. The first-order valence-electron chi connectivity index (χ1n) is 11.6. The molecule has 0 aliphatic rings. The predicted octanol–water partition coefficient (Wildman–Crippen LogP) is 5.02. The highest BCUT2D eigenvalue weighted by molar-refractivity contribution is 6.01. The number of aromatic amines is 1.